The molecule has 8 heteroatoms. The van der Waals surface area contributed by atoms with E-state index in [9.17, 15) is 18.3 Å². The molecule has 0 bridgehead atoms. The van der Waals surface area contributed by atoms with E-state index in [1.54, 1.807) is 0 Å². The second-order valence-electron chi connectivity index (χ2n) is 4.44. The van der Waals surface area contributed by atoms with Crippen LogP contribution in [0.5, 0.6) is 0 Å². The molecule has 0 atom stereocenters. The molecule has 0 spiro atoms. The van der Waals surface area contributed by atoms with Gasteiger partial charge in [0, 0.05) is 16.6 Å². The lowest BCUT2D eigenvalue weighted by atomic mass is 10.1. The van der Waals surface area contributed by atoms with E-state index in [2.05, 4.69) is 26.1 Å². The summed E-state index contributed by atoms with van der Waals surface area (Å²) in [6.45, 7) is 1.95. The zero-order chi connectivity index (χ0) is 15.6. The molecule has 0 fully saturated rings. The molecule has 2 rings (SSSR count). The van der Waals surface area contributed by atoms with Gasteiger partial charge in [-0.25, -0.2) is 0 Å². The van der Waals surface area contributed by atoms with Crippen molar-refractivity contribution in [3.63, 3.8) is 0 Å². The van der Waals surface area contributed by atoms with E-state index in [0.717, 1.165) is 6.07 Å². The van der Waals surface area contributed by atoms with Crippen LogP contribution in [0.1, 0.15) is 24.7 Å². The maximum atomic E-state index is 13.2. The van der Waals surface area contributed by atoms with Gasteiger partial charge in [-0.05, 0) is 24.6 Å². The number of aliphatic hydroxyl groups is 1. The Labute approximate surface area is 127 Å². The molecule has 1 heterocycles. The highest BCUT2D eigenvalue weighted by atomic mass is 79.9. The lowest BCUT2D eigenvalue weighted by Crippen LogP contribution is -2.11. The zero-order valence-corrected chi connectivity index (χ0v) is 12.7. The van der Waals surface area contributed by atoms with Crippen molar-refractivity contribution in [2.24, 2.45) is 0 Å². The summed E-state index contributed by atoms with van der Waals surface area (Å²) in [5, 5.41) is 16.8. The summed E-state index contributed by atoms with van der Waals surface area (Å²) in [5.41, 5.74) is -0.836. The summed E-state index contributed by atoms with van der Waals surface area (Å²) in [4.78, 5) is 0. The van der Waals surface area contributed by atoms with Crippen LogP contribution in [0.4, 0.5) is 13.2 Å². The number of halogens is 4. The van der Waals surface area contributed by atoms with Crippen molar-refractivity contribution in [1.29, 1.82) is 0 Å². The van der Waals surface area contributed by atoms with Crippen LogP contribution in [0.2, 0.25) is 0 Å². The highest BCUT2D eigenvalue weighted by Gasteiger charge is 2.35. The highest BCUT2D eigenvalue weighted by Crippen LogP contribution is 2.38. The Bertz CT molecular complexity index is 640. The van der Waals surface area contributed by atoms with E-state index in [4.69, 9.17) is 0 Å². The second kappa shape index (κ2) is 6.15. The van der Waals surface area contributed by atoms with Crippen molar-refractivity contribution in [1.82, 2.24) is 14.8 Å². The monoisotopic (exact) mass is 363 g/mol. The number of hydrogen-bond donors (Lipinski definition) is 1. The van der Waals surface area contributed by atoms with E-state index in [-0.39, 0.29) is 23.8 Å². The molecule has 0 saturated carbocycles. The number of hydrogen-bond acceptors (Lipinski definition) is 3. The first-order chi connectivity index (χ1) is 9.88. The minimum absolute atomic E-state index is 0.0497. The maximum Gasteiger partial charge on any atom is 0.417 e. The van der Waals surface area contributed by atoms with Crippen LogP contribution in [-0.2, 0) is 19.3 Å². The van der Waals surface area contributed by atoms with Gasteiger partial charge < -0.3 is 9.67 Å². The molecule has 1 aromatic carbocycles. The van der Waals surface area contributed by atoms with E-state index >= 15 is 0 Å². The average Bonchev–Trinajstić information content (AvgIpc) is 2.81. The normalized spacial score (nSPS) is 11.9. The van der Waals surface area contributed by atoms with E-state index < -0.39 is 11.7 Å². The van der Waals surface area contributed by atoms with E-state index in [1.165, 1.54) is 16.7 Å². The van der Waals surface area contributed by atoms with E-state index in [1.807, 2.05) is 6.92 Å². The molecule has 0 aliphatic rings. The molecule has 1 N–H and O–H groups in total. The fourth-order valence-electron chi connectivity index (χ4n) is 2.06. The van der Waals surface area contributed by atoms with Crippen molar-refractivity contribution < 1.29 is 18.3 Å². The first kappa shape index (κ1) is 16.0. The van der Waals surface area contributed by atoms with Crippen LogP contribution < -0.4 is 0 Å². The van der Waals surface area contributed by atoms with Crippen LogP contribution >= 0.6 is 15.9 Å². The molecule has 4 nitrogen and oxygen atoms in total. The Morgan fingerprint density at radius 3 is 2.57 bits per heavy atom. The summed E-state index contributed by atoms with van der Waals surface area (Å²) in [6.07, 6.45) is -3.81. The van der Waals surface area contributed by atoms with Crippen LogP contribution in [0.25, 0.3) is 11.4 Å². The average molecular weight is 364 g/mol. The Kier molecular flexibility index (Phi) is 4.67. The maximum absolute atomic E-state index is 13.2. The van der Waals surface area contributed by atoms with Gasteiger partial charge in [-0.3, -0.25) is 0 Å². The lowest BCUT2D eigenvalue weighted by molar-refractivity contribution is -0.137. The van der Waals surface area contributed by atoms with Gasteiger partial charge in [0.05, 0.1) is 5.56 Å². The van der Waals surface area contributed by atoms with Crippen molar-refractivity contribution in [3.8, 4) is 11.4 Å². The Hall–Kier alpha value is -1.41. The van der Waals surface area contributed by atoms with Gasteiger partial charge in [0.2, 0.25) is 0 Å². The SMILES string of the molecule is CCCn1c(CO)nnc1-c1ccc(Br)cc1C(F)(F)F. The summed E-state index contributed by atoms with van der Waals surface area (Å²) in [7, 11) is 0. The van der Waals surface area contributed by atoms with E-state index in [0.29, 0.717) is 17.4 Å². The smallest absolute Gasteiger partial charge is 0.388 e. The molecule has 21 heavy (non-hydrogen) atoms. The molecule has 0 aliphatic heterocycles. The Balaban J connectivity index is 2.65. The van der Waals surface area contributed by atoms with Gasteiger partial charge >= 0.3 is 6.18 Å². The third-order valence-electron chi connectivity index (χ3n) is 2.94. The molecular weight excluding hydrogens is 351 g/mol. The van der Waals surface area contributed by atoms with Gasteiger partial charge in [0.1, 0.15) is 6.61 Å². The van der Waals surface area contributed by atoms with Crippen molar-refractivity contribution in [2.75, 3.05) is 0 Å². The number of benzene rings is 1. The Morgan fingerprint density at radius 1 is 1.29 bits per heavy atom. The quantitative estimate of drug-likeness (QED) is 0.902. The predicted molar refractivity (Wildman–Crippen MR) is 74.4 cm³/mol. The fourth-order valence-corrected chi connectivity index (χ4v) is 2.42. The summed E-state index contributed by atoms with van der Waals surface area (Å²) in [6, 6.07) is 3.89. The molecule has 0 amide bonds. The van der Waals surface area contributed by atoms with Crippen molar-refractivity contribution in [2.45, 2.75) is 32.7 Å². The molecular formula is C13H13BrF3N3O. The molecule has 0 unspecified atom stereocenters. The summed E-state index contributed by atoms with van der Waals surface area (Å²) >= 11 is 3.05. The fraction of sp³-hybridized carbons (Fsp3) is 0.385. The van der Waals surface area contributed by atoms with Crippen molar-refractivity contribution in [3.05, 3.63) is 34.1 Å². The highest BCUT2D eigenvalue weighted by molar-refractivity contribution is 9.10. The third-order valence-corrected chi connectivity index (χ3v) is 3.44. The lowest BCUT2D eigenvalue weighted by Gasteiger charge is -2.14. The first-order valence-electron chi connectivity index (χ1n) is 6.28. The van der Waals surface area contributed by atoms with Gasteiger partial charge in [-0.1, -0.05) is 22.9 Å². The minimum atomic E-state index is -4.50. The summed E-state index contributed by atoms with van der Waals surface area (Å²) < 4.78 is 41.4. The second-order valence-corrected chi connectivity index (χ2v) is 5.35. The molecule has 114 valence electrons. The van der Waals surface area contributed by atoms with Gasteiger partial charge in [-0.15, -0.1) is 10.2 Å². The van der Waals surface area contributed by atoms with Crippen LogP contribution in [0.3, 0.4) is 0 Å². The third kappa shape index (κ3) is 3.26. The minimum Gasteiger partial charge on any atom is -0.388 e. The molecule has 1 aromatic heterocycles. The molecule has 0 aliphatic carbocycles. The topological polar surface area (TPSA) is 50.9 Å². The van der Waals surface area contributed by atoms with Gasteiger partial charge in [0.25, 0.3) is 0 Å². The number of rotatable bonds is 4. The van der Waals surface area contributed by atoms with Crippen LogP contribution in [-0.4, -0.2) is 19.9 Å². The largest absolute Gasteiger partial charge is 0.417 e. The van der Waals surface area contributed by atoms with Gasteiger partial charge in [0.15, 0.2) is 11.6 Å². The first-order valence-corrected chi connectivity index (χ1v) is 7.07. The molecule has 0 radical (unpaired) electrons. The zero-order valence-electron chi connectivity index (χ0n) is 11.2. The molecule has 0 saturated heterocycles. The summed E-state index contributed by atoms with van der Waals surface area (Å²) in [5.74, 6) is 0.364. The number of aliphatic hydroxyl groups excluding tert-OH is 1. The molecule has 2 aromatic rings. The van der Waals surface area contributed by atoms with Crippen LogP contribution in [0, 0.1) is 0 Å². The predicted octanol–water partition coefficient (Wildman–Crippen LogP) is 3.63. The van der Waals surface area contributed by atoms with Gasteiger partial charge in [-0.2, -0.15) is 13.2 Å². The number of aromatic nitrogens is 3. The van der Waals surface area contributed by atoms with Crippen LogP contribution in [0.15, 0.2) is 22.7 Å². The standard InChI is InChI=1S/C13H13BrF3N3O/c1-2-5-20-11(7-21)18-19-12(20)9-4-3-8(14)6-10(9)13(15,16)17/h3-4,6,21H,2,5,7H2,1H3. The van der Waals surface area contributed by atoms with Crippen molar-refractivity contribution >= 4 is 15.9 Å². The number of nitrogens with zero attached hydrogens (tertiary/aromatic N) is 3. The Morgan fingerprint density at radius 2 is 2.00 bits per heavy atom. The number of alkyl halides is 3.